The predicted octanol–water partition coefficient (Wildman–Crippen LogP) is 3.16. The topological polar surface area (TPSA) is 3.24 Å². The molecule has 0 spiro atoms. The van der Waals surface area contributed by atoms with E-state index in [2.05, 4.69) is 27.7 Å². The van der Waals surface area contributed by atoms with E-state index in [1.807, 2.05) is 0 Å². The monoisotopic (exact) mass is 223 g/mol. The van der Waals surface area contributed by atoms with E-state index in [4.69, 9.17) is 0 Å². The van der Waals surface area contributed by atoms with Crippen LogP contribution in [-0.4, -0.2) is 30.7 Å². The first-order valence-electron chi connectivity index (χ1n) is 5.46. The summed E-state index contributed by atoms with van der Waals surface area (Å²) in [5.74, 6) is 0.893. The Bertz CT molecular complexity index is 204. The molecule has 0 amide bonds. The maximum Gasteiger partial charge on any atom is 0.401 e. The average molecular weight is 223 g/mol. The highest BCUT2D eigenvalue weighted by Gasteiger charge is 2.49. The summed E-state index contributed by atoms with van der Waals surface area (Å²) in [5.41, 5.74) is 0.0885. The van der Waals surface area contributed by atoms with Crippen molar-refractivity contribution in [3.63, 3.8) is 0 Å². The smallest absolute Gasteiger partial charge is 0.294 e. The number of nitrogens with zero attached hydrogens (tertiary/aromatic N) is 1. The van der Waals surface area contributed by atoms with Crippen molar-refractivity contribution in [1.29, 1.82) is 0 Å². The summed E-state index contributed by atoms with van der Waals surface area (Å²) in [5, 5.41) is 0. The van der Waals surface area contributed by atoms with Gasteiger partial charge in [0.1, 0.15) is 0 Å². The third-order valence-electron chi connectivity index (χ3n) is 3.74. The lowest BCUT2D eigenvalue weighted by Crippen LogP contribution is -2.63. The summed E-state index contributed by atoms with van der Waals surface area (Å²) in [6.07, 6.45) is -4.06. The molecule has 0 unspecified atom stereocenters. The van der Waals surface area contributed by atoms with Gasteiger partial charge in [-0.25, -0.2) is 0 Å². The normalized spacial score (nSPS) is 22.2. The largest absolute Gasteiger partial charge is 0.401 e. The molecule has 90 valence electrons. The number of hydrogen-bond donors (Lipinski definition) is 0. The van der Waals surface area contributed by atoms with Gasteiger partial charge in [-0.2, -0.15) is 13.2 Å². The van der Waals surface area contributed by atoms with Crippen LogP contribution in [0.3, 0.4) is 0 Å². The van der Waals surface area contributed by atoms with Crippen molar-refractivity contribution < 1.29 is 13.2 Å². The van der Waals surface area contributed by atoms with Crippen LogP contribution in [0.15, 0.2) is 0 Å². The zero-order valence-electron chi connectivity index (χ0n) is 9.86. The van der Waals surface area contributed by atoms with E-state index >= 15 is 0 Å². The van der Waals surface area contributed by atoms with Gasteiger partial charge in [0, 0.05) is 18.5 Å². The molecule has 1 saturated heterocycles. The summed E-state index contributed by atoms with van der Waals surface area (Å²) in [7, 11) is 0. The van der Waals surface area contributed by atoms with E-state index in [1.165, 1.54) is 4.90 Å². The van der Waals surface area contributed by atoms with Crippen molar-refractivity contribution in [3.05, 3.63) is 0 Å². The lowest BCUT2D eigenvalue weighted by molar-refractivity contribution is -0.181. The van der Waals surface area contributed by atoms with E-state index in [9.17, 15) is 13.2 Å². The molecule has 0 aromatic rings. The van der Waals surface area contributed by atoms with E-state index in [-0.39, 0.29) is 5.41 Å². The standard InChI is InChI=1S/C11H20F3N/c1-8(2)10(9(3)4)5-15(6-10)7-11(12,13)14/h8-9H,5-7H2,1-4H3. The highest BCUT2D eigenvalue weighted by Crippen LogP contribution is 2.44. The van der Waals surface area contributed by atoms with Crippen LogP contribution in [0.4, 0.5) is 13.2 Å². The minimum Gasteiger partial charge on any atom is -0.294 e. The van der Waals surface area contributed by atoms with Gasteiger partial charge in [-0.3, -0.25) is 4.90 Å². The minimum absolute atomic E-state index is 0.0885. The molecule has 0 aliphatic carbocycles. The third kappa shape index (κ3) is 2.65. The molecule has 0 atom stereocenters. The molecule has 1 aliphatic rings. The Balaban J connectivity index is 2.52. The molecule has 1 aliphatic heterocycles. The summed E-state index contributed by atoms with van der Waals surface area (Å²) in [6, 6.07) is 0. The van der Waals surface area contributed by atoms with Gasteiger partial charge in [-0.05, 0) is 11.8 Å². The van der Waals surface area contributed by atoms with E-state index in [0.29, 0.717) is 24.9 Å². The molecule has 0 N–H and O–H groups in total. The van der Waals surface area contributed by atoms with Gasteiger partial charge < -0.3 is 0 Å². The van der Waals surface area contributed by atoms with Crippen molar-refractivity contribution in [1.82, 2.24) is 4.90 Å². The van der Waals surface area contributed by atoms with Gasteiger partial charge in [-0.15, -0.1) is 0 Å². The Morgan fingerprint density at radius 3 is 1.73 bits per heavy atom. The van der Waals surface area contributed by atoms with Crippen LogP contribution in [0.1, 0.15) is 27.7 Å². The van der Waals surface area contributed by atoms with E-state index in [0.717, 1.165) is 0 Å². The molecule has 1 heterocycles. The third-order valence-corrected chi connectivity index (χ3v) is 3.74. The Hall–Kier alpha value is -0.250. The molecule has 0 saturated carbocycles. The molecular formula is C11H20F3N. The van der Waals surface area contributed by atoms with E-state index < -0.39 is 12.7 Å². The van der Waals surface area contributed by atoms with Crippen LogP contribution in [0, 0.1) is 17.3 Å². The average Bonchev–Trinajstić information content (AvgIpc) is 1.91. The molecule has 0 radical (unpaired) electrons. The number of likely N-dealkylation sites (tertiary alicyclic amines) is 1. The molecule has 1 rings (SSSR count). The van der Waals surface area contributed by atoms with Gasteiger partial charge in [0.2, 0.25) is 0 Å². The zero-order valence-corrected chi connectivity index (χ0v) is 9.86. The second kappa shape index (κ2) is 3.96. The van der Waals surface area contributed by atoms with Crippen LogP contribution in [0.25, 0.3) is 0 Å². The molecular weight excluding hydrogens is 203 g/mol. The SMILES string of the molecule is CC(C)C1(C(C)C)CN(CC(F)(F)F)C1. The molecule has 0 bridgehead atoms. The first kappa shape index (κ1) is 12.8. The van der Waals surface area contributed by atoms with Crippen molar-refractivity contribution in [2.75, 3.05) is 19.6 Å². The molecule has 1 fully saturated rings. The number of rotatable bonds is 3. The van der Waals surface area contributed by atoms with Crippen molar-refractivity contribution in [2.45, 2.75) is 33.9 Å². The maximum absolute atomic E-state index is 12.1. The summed E-state index contributed by atoms with van der Waals surface area (Å²) in [6.45, 7) is 8.82. The molecule has 15 heavy (non-hydrogen) atoms. The van der Waals surface area contributed by atoms with Gasteiger partial charge >= 0.3 is 6.18 Å². The van der Waals surface area contributed by atoms with Crippen molar-refractivity contribution in [3.8, 4) is 0 Å². The second-order valence-electron chi connectivity index (χ2n) is 5.30. The Kier molecular flexibility index (Phi) is 3.39. The van der Waals surface area contributed by atoms with Crippen LogP contribution in [0.2, 0.25) is 0 Å². The van der Waals surface area contributed by atoms with Crippen molar-refractivity contribution >= 4 is 0 Å². The fourth-order valence-corrected chi connectivity index (χ4v) is 2.55. The number of alkyl halides is 3. The molecule has 1 nitrogen and oxygen atoms in total. The fraction of sp³-hybridized carbons (Fsp3) is 1.00. The predicted molar refractivity (Wildman–Crippen MR) is 54.6 cm³/mol. The summed E-state index contributed by atoms with van der Waals surface area (Å²) in [4.78, 5) is 1.50. The van der Waals surface area contributed by atoms with Crippen LogP contribution in [0.5, 0.6) is 0 Å². The Labute approximate surface area is 89.6 Å². The Morgan fingerprint density at radius 1 is 1.07 bits per heavy atom. The second-order valence-corrected chi connectivity index (χ2v) is 5.30. The lowest BCUT2D eigenvalue weighted by Gasteiger charge is -2.55. The van der Waals surface area contributed by atoms with Crippen LogP contribution in [-0.2, 0) is 0 Å². The van der Waals surface area contributed by atoms with Gasteiger partial charge in [-0.1, -0.05) is 27.7 Å². The summed E-state index contributed by atoms with van der Waals surface area (Å²) < 4.78 is 36.4. The highest BCUT2D eigenvalue weighted by atomic mass is 19.4. The first-order valence-corrected chi connectivity index (χ1v) is 5.46. The fourth-order valence-electron chi connectivity index (χ4n) is 2.55. The van der Waals surface area contributed by atoms with Gasteiger partial charge in [0.05, 0.1) is 6.54 Å². The van der Waals surface area contributed by atoms with Gasteiger partial charge in [0.15, 0.2) is 0 Å². The zero-order chi connectivity index (χ0) is 11.9. The van der Waals surface area contributed by atoms with Gasteiger partial charge in [0.25, 0.3) is 0 Å². The Morgan fingerprint density at radius 2 is 1.47 bits per heavy atom. The first-order chi connectivity index (χ1) is 6.67. The van der Waals surface area contributed by atoms with Crippen LogP contribution >= 0.6 is 0 Å². The number of hydrogen-bond acceptors (Lipinski definition) is 1. The molecule has 0 aromatic heterocycles. The highest BCUT2D eigenvalue weighted by molar-refractivity contribution is 4.99. The quantitative estimate of drug-likeness (QED) is 0.710. The van der Waals surface area contributed by atoms with Crippen LogP contribution < -0.4 is 0 Å². The minimum atomic E-state index is -4.06. The molecule has 4 heteroatoms. The van der Waals surface area contributed by atoms with Crippen molar-refractivity contribution in [2.24, 2.45) is 17.3 Å². The lowest BCUT2D eigenvalue weighted by atomic mass is 9.63. The number of halogens is 3. The molecule has 0 aromatic carbocycles. The van der Waals surface area contributed by atoms with E-state index in [1.54, 1.807) is 0 Å². The summed E-state index contributed by atoms with van der Waals surface area (Å²) >= 11 is 0. The maximum atomic E-state index is 12.1.